The first kappa shape index (κ1) is 43.9. The minimum atomic E-state index is -0.291. The van der Waals surface area contributed by atoms with Crippen LogP contribution in [0.25, 0.3) is 76.8 Å². The molecule has 12 aromatic carbocycles. The molecule has 0 aliphatic heterocycles. The second-order valence-corrected chi connectivity index (χ2v) is 21.1. The lowest BCUT2D eigenvalue weighted by molar-refractivity contribution is 0.631. The third-order valence-corrected chi connectivity index (χ3v) is 16.3. The van der Waals surface area contributed by atoms with Gasteiger partial charge in [-0.25, -0.2) is 8.78 Å². The molecular formula is C70H50F2N2. The van der Waals surface area contributed by atoms with Crippen LogP contribution in [0.4, 0.5) is 42.9 Å². The van der Waals surface area contributed by atoms with Crippen molar-refractivity contribution in [2.24, 2.45) is 0 Å². The van der Waals surface area contributed by atoms with Gasteiger partial charge in [-0.3, -0.25) is 0 Å². The third kappa shape index (κ3) is 6.40. The van der Waals surface area contributed by atoms with Crippen molar-refractivity contribution < 1.29 is 8.78 Å². The van der Waals surface area contributed by atoms with Crippen molar-refractivity contribution in [2.45, 2.75) is 38.5 Å². The van der Waals surface area contributed by atoms with Crippen LogP contribution in [0, 0.1) is 11.6 Å². The van der Waals surface area contributed by atoms with Crippen molar-refractivity contribution in [1.29, 1.82) is 0 Å². The van der Waals surface area contributed by atoms with Gasteiger partial charge in [0.15, 0.2) is 0 Å². The van der Waals surface area contributed by atoms with Gasteiger partial charge in [0, 0.05) is 55.2 Å². The lowest BCUT2D eigenvalue weighted by Crippen LogP contribution is -2.16. The van der Waals surface area contributed by atoms with Crippen LogP contribution < -0.4 is 9.80 Å². The molecule has 2 aliphatic carbocycles. The van der Waals surface area contributed by atoms with Crippen molar-refractivity contribution in [3.8, 4) is 44.5 Å². The highest BCUT2D eigenvalue weighted by Crippen LogP contribution is 2.58. The van der Waals surface area contributed by atoms with Gasteiger partial charge in [-0.05, 0) is 127 Å². The molecule has 0 bridgehead atoms. The lowest BCUT2D eigenvalue weighted by Gasteiger charge is -2.31. The zero-order valence-corrected chi connectivity index (χ0v) is 41.6. The fourth-order valence-corrected chi connectivity index (χ4v) is 12.8. The molecule has 0 spiro atoms. The van der Waals surface area contributed by atoms with Gasteiger partial charge in [-0.2, -0.15) is 0 Å². The second kappa shape index (κ2) is 16.3. The fraction of sp³-hybridized carbons (Fsp3) is 0.0857. The molecule has 0 atom stereocenters. The van der Waals surface area contributed by atoms with Crippen LogP contribution >= 0.6 is 0 Å². The van der Waals surface area contributed by atoms with E-state index in [0.717, 1.165) is 88.7 Å². The zero-order chi connectivity index (χ0) is 50.0. The summed E-state index contributed by atoms with van der Waals surface area (Å²) in [5, 5.41) is 6.47. The molecular weight excluding hydrogens is 907 g/mol. The van der Waals surface area contributed by atoms with Crippen molar-refractivity contribution >= 4 is 66.4 Å². The second-order valence-electron chi connectivity index (χ2n) is 21.1. The van der Waals surface area contributed by atoms with Gasteiger partial charge in [0.1, 0.15) is 11.6 Å². The van der Waals surface area contributed by atoms with Crippen LogP contribution in [0.3, 0.4) is 0 Å². The van der Waals surface area contributed by atoms with Crippen LogP contribution in [0.1, 0.15) is 49.9 Å². The van der Waals surface area contributed by atoms with E-state index in [0.29, 0.717) is 11.1 Å². The Morgan fingerprint density at radius 3 is 1.11 bits per heavy atom. The highest BCUT2D eigenvalue weighted by Gasteiger charge is 2.40. The van der Waals surface area contributed by atoms with Crippen LogP contribution in [0.2, 0.25) is 0 Å². The summed E-state index contributed by atoms with van der Waals surface area (Å²) in [6, 6.07) is 79.2. The number of benzene rings is 12. The molecule has 2 aliphatic rings. The summed E-state index contributed by atoms with van der Waals surface area (Å²) in [6.45, 7) is 9.19. The molecule has 0 fully saturated rings. The summed E-state index contributed by atoms with van der Waals surface area (Å²) in [5.41, 5.74) is 17.2. The van der Waals surface area contributed by atoms with Gasteiger partial charge in [0.2, 0.25) is 0 Å². The monoisotopic (exact) mass is 956 g/mol. The highest BCUT2D eigenvalue weighted by molar-refractivity contribution is 6.28. The number of fused-ring (bicyclic) bond motifs is 6. The third-order valence-electron chi connectivity index (χ3n) is 16.3. The number of halogens is 2. The van der Waals surface area contributed by atoms with Crippen LogP contribution in [0.5, 0.6) is 0 Å². The molecule has 12 aromatic rings. The number of hydrogen-bond donors (Lipinski definition) is 0. The molecule has 0 amide bonds. The first-order chi connectivity index (χ1) is 36.1. The quantitative estimate of drug-likeness (QED) is 0.140. The van der Waals surface area contributed by atoms with E-state index in [1.54, 1.807) is 12.1 Å². The summed E-state index contributed by atoms with van der Waals surface area (Å²) in [6.07, 6.45) is 0. The maximum atomic E-state index is 16.9. The highest BCUT2D eigenvalue weighted by atomic mass is 19.1. The molecule has 4 heteroatoms. The molecule has 0 heterocycles. The van der Waals surface area contributed by atoms with E-state index in [2.05, 4.69) is 183 Å². The molecule has 74 heavy (non-hydrogen) atoms. The van der Waals surface area contributed by atoms with Crippen molar-refractivity contribution in [2.75, 3.05) is 9.80 Å². The first-order valence-electron chi connectivity index (χ1n) is 25.6. The number of rotatable bonds is 8. The van der Waals surface area contributed by atoms with E-state index < -0.39 is 0 Å². The summed E-state index contributed by atoms with van der Waals surface area (Å²) >= 11 is 0. The minimum absolute atomic E-state index is 0.248. The normalized spacial score (nSPS) is 13.8. The van der Waals surface area contributed by atoms with Gasteiger partial charge < -0.3 is 9.80 Å². The average molecular weight is 957 g/mol. The van der Waals surface area contributed by atoms with Crippen LogP contribution in [-0.2, 0) is 10.8 Å². The maximum Gasteiger partial charge on any atom is 0.133 e. The number of anilines is 6. The molecule has 0 N–H and O–H groups in total. The Morgan fingerprint density at radius 2 is 0.689 bits per heavy atom. The predicted molar refractivity (Wildman–Crippen MR) is 305 cm³/mol. The smallest absolute Gasteiger partial charge is 0.133 e. The van der Waals surface area contributed by atoms with E-state index in [4.69, 9.17) is 0 Å². The van der Waals surface area contributed by atoms with E-state index in [-0.39, 0.29) is 22.5 Å². The Hall–Kier alpha value is -8.86. The van der Waals surface area contributed by atoms with Gasteiger partial charge in [0.05, 0.1) is 22.7 Å². The van der Waals surface area contributed by atoms with Gasteiger partial charge in [0.25, 0.3) is 0 Å². The minimum Gasteiger partial charge on any atom is -0.309 e. The van der Waals surface area contributed by atoms with E-state index in [1.165, 1.54) is 33.4 Å². The summed E-state index contributed by atoms with van der Waals surface area (Å²) < 4.78 is 33.8. The van der Waals surface area contributed by atoms with Crippen molar-refractivity contribution in [1.82, 2.24) is 0 Å². The Labute approximate surface area is 430 Å². The van der Waals surface area contributed by atoms with Crippen LogP contribution in [0.15, 0.2) is 231 Å². The Morgan fingerprint density at radius 1 is 0.311 bits per heavy atom. The van der Waals surface area contributed by atoms with Crippen molar-refractivity contribution in [3.63, 3.8) is 0 Å². The zero-order valence-electron chi connectivity index (χ0n) is 41.6. The van der Waals surface area contributed by atoms with E-state index in [1.807, 2.05) is 72.8 Å². The molecule has 14 rings (SSSR count). The largest absolute Gasteiger partial charge is 0.309 e. The SMILES string of the molecule is CC1(C)c2ccccc2-c2c(N(c3ccc(-c4ccccc4)c(F)c3)c3ccc4ccc5c(N(c6ccc(-c7ccccc7)c(F)c6)c6cccc7c6-c6ccccc6C7(C)C)ccc6ccc3c4c65)cccc21. The predicted octanol–water partition coefficient (Wildman–Crippen LogP) is 19.7. The summed E-state index contributed by atoms with van der Waals surface area (Å²) in [7, 11) is 0. The Balaban J connectivity index is 1.03. The Kier molecular flexibility index (Phi) is 9.68. The first-order valence-corrected chi connectivity index (χ1v) is 25.6. The molecule has 0 aromatic heterocycles. The molecule has 0 radical (unpaired) electrons. The van der Waals surface area contributed by atoms with Gasteiger partial charge >= 0.3 is 0 Å². The summed E-state index contributed by atoms with van der Waals surface area (Å²) in [4.78, 5) is 4.55. The molecule has 0 saturated carbocycles. The Bertz CT molecular complexity index is 3960. The molecule has 0 saturated heterocycles. The van der Waals surface area contributed by atoms with E-state index in [9.17, 15) is 0 Å². The maximum absolute atomic E-state index is 16.9. The van der Waals surface area contributed by atoms with Crippen molar-refractivity contribution in [3.05, 3.63) is 264 Å². The fourth-order valence-electron chi connectivity index (χ4n) is 12.8. The molecule has 354 valence electrons. The molecule has 2 nitrogen and oxygen atoms in total. The van der Waals surface area contributed by atoms with Crippen LogP contribution in [-0.4, -0.2) is 0 Å². The summed E-state index contributed by atoms with van der Waals surface area (Å²) in [5.74, 6) is -0.581. The topological polar surface area (TPSA) is 6.48 Å². The number of hydrogen-bond acceptors (Lipinski definition) is 2. The van der Waals surface area contributed by atoms with E-state index >= 15 is 8.78 Å². The molecule has 0 unspecified atom stereocenters. The number of nitrogens with zero attached hydrogens (tertiary/aromatic N) is 2. The average Bonchev–Trinajstić information content (AvgIpc) is 3.82. The van der Waals surface area contributed by atoms with Gasteiger partial charge in [-0.15, -0.1) is 0 Å². The van der Waals surface area contributed by atoms with Gasteiger partial charge in [-0.1, -0.05) is 198 Å². The lowest BCUT2D eigenvalue weighted by atomic mass is 9.82. The standard InChI is InChI=1S/C70H50F2N2/c1-69(2)55-23-13-11-21-51(55)67-57(69)25-15-27-63(67)73(47-33-37-49(59(71)41-47)43-17-7-5-8-18-43)61-39-31-45-30-36-54-62(40-32-46-29-35-53(61)65(45)66(46)54)74(48-34-38-50(60(72)42-48)44-19-9-6-10-20-44)64-28-16-26-58-68(64)52-22-12-14-24-56(52)70(58,3)4/h5-42H,1-4H3.